The molecule has 0 aromatic heterocycles. The highest BCUT2D eigenvalue weighted by atomic mass is 32.2. The molecule has 0 heterocycles. The maximum Gasteiger partial charge on any atom is 0.148 e. The fraction of sp³-hybridized carbons (Fsp3) is 0.571. The third-order valence-electron chi connectivity index (χ3n) is 3.34. The van der Waals surface area contributed by atoms with Crippen molar-refractivity contribution in [2.24, 2.45) is 5.92 Å². The Kier molecular flexibility index (Phi) is 4.26. The number of halogens is 1. The van der Waals surface area contributed by atoms with Crippen molar-refractivity contribution in [1.29, 1.82) is 0 Å². The van der Waals surface area contributed by atoms with E-state index < -0.39 is 9.84 Å². The second-order valence-electron chi connectivity index (χ2n) is 5.53. The zero-order valence-corrected chi connectivity index (χ0v) is 12.1. The van der Waals surface area contributed by atoms with Crippen LogP contribution in [0.2, 0.25) is 0 Å². The van der Waals surface area contributed by atoms with Crippen LogP contribution in [0.4, 0.5) is 4.39 Å². The topological polar surface area (TPSA) is 46.2 Å². The number of nitrogens with one attached hydrogen (secondary N) is 1. The third-order valence-corrected chi connectivity index (χ3v) is 4.44. The lowest BCUT2D eigenvalue weighted by Crippen LogP contribution is -2.36. The van der Waals surface area contributed by atoms with Crippen LogP contribution in [-0.2, 0) is 9.84 Å². The van der Waals surface area contributed by atoms with E-state index in [4.69, 9.17) is 0 Å². The van der Waals surface area contributed by atoms with Gasteiger partial charge < -0.3 is 5.32 Å². The van der Waals surface area contributed by atoms with Gasteiger partial charge in [-0.2, -0.15) is 0 Å². The molecule has 0 bridgehead atoms. The van der Waals surface area contributed by atoms with E-state index in [1.54, 1.807) is 12.1 Å². The van der Waals surface area contributed by atoms with Crippen molar-refractivity contribution >= 4 is 9.84 Å². The molecular formula is C14H20FNO2S. The molecule has 2 unspecified atom stereocenters. The minimum absolute atomic E-state index is 0.106. The van der Waals surface area contributed by atoms with E-state index in [0.717, 1.165) is 18.4 Å². The summed E-state index contributed by atoms with van der Waals surface area (Å²) in [5, 5.41) is 3.37. The largest absolute Gasteiger partial charge is 0.306 e. The molecule has 0 spiro atoms. The smallest absolute Gasteiger partial charge is 0.148 e. The van der Waals surface area contributed by atoms with Crippen molar-refractivity contribution in [3.05, 3.63) is 35.6 Å². The summed E-state index contributed by atoms with van der Waals surface area (Å²) >= 11 is 0. The van der Waals surface area contributed by atoms with Gasteiger partial charge in [-0.05, 0) is 43.4 Å². The number of rotatable bonds is 6. The van der Waals surface area contributed by atoms with Gasteiger partial charge in [0, 0.05) is 18.3 Å². The van der Waals surface area contributed by atoms with Crippen molar-refractivity contribution in [3.63, 3.8) is 0 Å². The van der Waals surface area contributed by atoms with Gasteiger partial charge in [0.1, 0.15) is 15.7 Å². The molecule has 1 saturated carbocycles. The van der Waals surface area contributed by atoms with E-state index in [9.17, 15) is 12.8 Å². The van der Waals surface area contributed by atoms with E-state index in [1.165, 1.54) is 18.4 Å². The first-order valence-electron chi connectivity index (χ1n) is 6.54. The molecule has 0 radical (unpaired) electrons. The van der Waals surface area contributed by atoms with E-state index >= 15 is 0 Å². The third kappa shape index (κ3) is 4.58. The summed E-state index contributed by atoms with van der Waals surface area (Å²) in [5.74, 6) is 0.409. The maximum atomic E-state index is 13.0. The van der Waals surface area contributed by atoms with Gasteiger partial charge in [0.25, 0.3) is 0 Å². The Morgan fingerprint density at radius 1 is 1.32 bits per heavy atom. The second kappa shape index (κ2) is 5.59. The molecule has 1 aromatic carbocycles. The van der Waals surface area contributed by atoms with E-state index in [1.807, 2.05) is 6.92 Å². The summed E-state index contributed by atoms with van der Waals surface area (Å²) in [6.07, 6.45) is 3.52. The monoisotopic (exact) mass is 285 g/mol. The molecule has 1 aliphatic carbocycles. The zero-order valence-electron chi connectivity index (χ0n) is 11.3. The van der Waals surface area contributed by atoms with Crippen molar-refractivity contribution in [1.82, 2.24) is 5.32 Å². The molecule has 1 aromatic rings. The van der Waals surface area contributed by atoms with Crippen molar-refractivity contribution in [3.8, 4) is 0 Å². The van der Waals surface area contributed by atoms with Crippen molar-refractivity contribution < 1.29 is 12.8 Å². The van der Waals surface area contributed by atoms with Crippen LogP contribution < -0.4 is 5.32 Å². The number of benzene rings is 1. The minimum Gasteiger partial charge on any atom is -0.306 e. The van der Waals surface area contributed by atoms with Crippen LogP contribution in [0.5, 0.6) is 0 Å². The molecule has 19 heavy (non-hydrogen) atoms. The van der Waals surface area contributed by atoms with E-state index in [2.05, 4.69) is 5.32 Å². The summed E-state index contributed by atoms with van der Waals surface area (Å²) in [4.78, 5) is 0. The van der Waals surface area contributed by atoms with Gasteiger partial charge in [-0.3, -0.25) is 0 Å². The first kappa shape index (κ1) is 14.5. The first-order valence-corrected chi connectivity index (χ1v) is 8.60. The summed E-state index contributed by atoms with van der Waals surface area (Å²) in [5.41, 5.74) is 1.03. The molecule has 1 N–H and O–H groups in total. The van der Waals surface area contributed by atoms with Gasteiger partial charge in [0.2, 0.25) is 0 Å². The SMILES string of the molecule is CC(CS(C)(=O)=O)NC(c1ccc(F)cc1)C1CC1. The Morgan fingerprint density at radius 3 is 2.37 bits per heavy atom. The normalized spacial score (nSPS) is 19.1. The van der Waals surface area contributed by atoms with Gasteiger partial charge in [-0.15, -0.1) is 0 Å². The Morgan fingerprint density at radius 2 is 1.89 bits per heavy atom. The number of hydrogen-bond acceptors (Lipinski definition) is 3. The molecule has 5 heteroatoms. The molecule has 1 fully saturated rings. The highest BCUT2D eigenvalue weighted by Crippen LogP contribution is 2.41. The molecule has 0 amide bonds. The van der Waals surface area contributed by atoms with Gasteiger partial charge >= 0.3 is 0 Å². The van der Waals surface area contributed by atoms with E-state index in [-0.39, 0.29) is 23.7 Å². The summed E-state index contributed by atoms with van der Waals surface area (Å²) in [6, 6.07) is 6.47. The number of sulfone groups is 1. The lowest BCUT2D eigenvalue weighted by Gasteiger charge is -2.23. The molecule has 0 aliphatic heterocycles. The molecular weight excluding hydrogens is 265 g/mol. The fourth-order valence-corrected chi connectivity index (χ4v) is 3.42. The van der Waals surface area contributed by atoms with Crippen molar-refractivity contribution in [2.75, 3.05) is 12.0 Å². The van der Waals surface area contributed by atoms with Gasteiger partial charge in [0.05, 0.1) is 5.75 Å². The number of hydrogen-bond donors (Lipinski definition) is 1. The van der Waals surface area contributed by atoms with Crippen LogP contribution >= 0.6 is 0 Å². The molecule has 2 rings (SSSR count). The summed E-state index contributed by atoms with van der Waals surface area (Å²) in [6.45, 7) is 1.87. The van der Waals surface area contributed by atoms with Crippen LogP contribution in [0.1, 0.15) is 31.4 Å². The highest BCUT2D eigenvalue weighted by Gasteiger charge is 2.33. The lowest BCUT2D eigenvalue weighted by molar-refractivity contribution is 0.435. The zero-order chi connectivity index (χ0) is 14.0. The molecule has 106 valence electrons. The average molecular weight is 285 g/mol. The Hall–Kier alpha value is -0.940. The molecule has 1 aliphatic rings. The molecule has 3 nitrogen and oxygen atoms in total. The molecule has 0 saturated heterocycles. The predicted molar refractivity (Wildman–Crippen MR) is 74.2 cm³/mol. The molecule has 2 atom stereocenters. The summed E-state index contributed by atoms with van der Waals surface area (Å²) < 4.78 is 35.6. The van der Waals surface area contributed by atoms with Crippen LogP contribution in [0.3, 0.4) is 0 Å². The minimum atomic E-state index is -2.99. The van der Waals surface area contributed by atoms with Gasteiger partial charge in [0.15, 0.2) is 0 Å². The first-order chi connectivity index (χ1) is 8.85. The summed E-state index contributed by atoms with van der Waals surface area (Å²) in [7, 11) is -2.99. The van der Waals surface area contributed by atoms with E-state index in [0.29, 0.717) is 5.92 Å². The van der Waals surface area contributed by atoms with Crippen LogP contribution in [0.25, 0.3) is 0 Å². The quantitative estimate of drug-likeness (QED) is 0.872. The van der Waals surface area contributed by atoms with Crippen LogP contribution in [-0.4, -0.2) is 26.5 Å². The second-order valence-corrected chi connectivity index (χ2v) is 7.71. The fourth-order valence-electron chi connectivity index (χ4n) is 2.41. The standard InChI is InChI=1S/C14H20FNO2S/c1-10(9-19(2,17)18)16-14(11-3-4-11)12-5-7-13(15)8-6-12/h5-8,10-11,14,16H,3-4,9H2,1-2H3. The van der Waals surface area contributed by atoms with Crippen LogP contribution in [0.15, 0.2) is 24.3 Å². The Balaban J connectivity index is 2.06. The van der Waals surface area contributed by atoms with Gasteiger partial charge in [-0.1, -0.05) is 12.1 Å². The average Bonchev–Trinajstić information content (AvgIpc) is 3.08. The lowest BCUT2D eigenvalue weighted by atomic mass is 10.0. The van der Waals surface area contributed by atoms with Gasteiger partial charge in [-0.25, -0.2) is 12.8 Å². The Bertz CT molecular complexity index is 523. The predicted octanol–water partition coefficient (Wildman–Crippen LogP) is 2.30. The van der Waals surface area contributed by atoms with Crippen LogP contribution in [0, 0.1) is 11.7 Å². The maximum absolute atomic E-state index is 13.0. The Labute approximate surface area is 114 Å². The highest BCUT2D eigenvalue weighted by molar-refractivity contribution is 7.90. The van der Waals surface area contributed by atoms with Crippen molar-refractivity contribution in [2.45, 2.75) is 31.8 Å².